The van der Waals surface area contributed by atoms with E-state index in [4.69, 9.17) is 4.74 Å². The predicted molar refractivity (Wildman–Crippen MR) is 83.0 cm³/mol. The topological polar surface area (TPSA) is 66.8 Å². The van der Waals surface area contributed by atoms with Crippen LogP contribution in [0.5, 0.6) is 0 Å². The first-order valence-electron chi connectivity index (χ1n) is 7.48. The fourth-order valence-electron chi connectivity index (χ4n) is 3.16. The highest BCUT2D eigenvalue weighted by Crippen LogP contribution is 2.32. The Kier molecular flexibility index (Phi) is 4.86. The summed E-state index contributed by atoms with van der Waals surface area (Å²) in [5.41, 5.74) is 1.67. The molecule has 0 aromatic heterocycles. The van der Waals surface area contributed by atoms with Crippen molar-refractivity contribution in [2.24, 2.45) is 5.41 Å². The third-order valence-electron chi connectivity index (χ3n) is 4.35. The summed E-state index contributed by atoms with van der Waals surface area (Å²) in [5.74, 6) is -0.994. The largest absolute Gasteiger partial charge is 0.481 e. The Morgan fingerprint density at radius 2 is 2.09 bits per heavy atom. The number of ether oxygens (including phenoxy) is 1. The molecule has 0 spiro atoms. The number of aryl methyl sites for hydroxylation is 2. The first-order valence-corrected chi connectivity index (χ1v) is 7.48. The monoisotopic (exact) mass is 305 g/mol. The molecule has 1 unspecified atom stereocenters. The van der Waals surface area contributed by atoms with E-state index in [-0.39, 0.29) is 19.1 Å². The van der Waals surface area contributed by atoms with Crippen molar-refractivity contribution in [3.8, 4) is 0 Å². The van der Waals surface area contributed by atoms with Crippen LogP contribution in [-0.2, 0) is 9.53 Å². The number of carbonyl (C=O) groups excluding carboxylic acids is 1. The van der Waals surface area contributed by atoms with Gasteiger partial charge in [0.2, 0.25) is 0 Å². The number of likely N-dealkylation sites (tertiary alicyclic amines) is 1. The van der Waals surface area contributed by atoms with Gasteiger partial charge in [-0.05, 0) is 38.3 Å². The molecule has 1 N–H and O–H groups in total. The zero-order chi connectivity index (χ0) is 16.3. The van der Waals surface area contributed by atoms with E-state index in [1.807, 2.05) is 32.0 Å². The molecule has 2 rings (SSSR count). The van der Waals surface area contributed by atoms with Gasteiger partial charge in [-0.2, -0.15) is 0 Å². The molecule has 1 aromatic rings. The Hall–Kier alpha value is -1.88. The molecule has 5 nitrogen and oxygen atoms in total. The maximum atomic E-state index is 12.7. The highest BCUT2D eigenvalue weighted by Gasteiger charge is 2.44. The summed E-state index contributed by atoms with van der Waals surface area (Å²) in [6.45, 7) is 4.80. The average molecular weight is 305 g/mol. The number of nitrogens with zero attached hydrogens (tertiary/aromatic N) is 1. The molecule has 5 heteroatoms. The zero-order valence-electron chi connectivity index (χ0n) is 13.4. The molecule has 0 radical (unpaired) electrons. The molecule has 0 saturated carbocycles. The third-order valence-corrected chi connectivity index (χ3v) is 4.35. The highest BCUT2D eigenvalue weighted by molar-refractivity contribution is 5.96. The zero-order valence-corrected chi connectivity index (χ0v) is 13.4. The minimum atomic E-state index is -0.999. The summed E-state index contributed by atoms with van der Waals surface area (Å²) < 4.78 is 5.10. The average Bonchev–Trinajstić information content (AvgIpc) is 2.47. The van der Waals surface area contributed by atoms with Crippen molar-refractivity contribution >= 4 is 11.9 Å². The molecule has 1 atom stereocenters. The smallest absolute Gasteiger partial charge is 0.313 e. The lowest BCUT2D eigenvalue weighted by atomic mass is 9.80. The quantitative estimate of drug-likeness (QED) is 0.926. The first-order chi connectivity index (χ1) is 10.4. The van der Waals surface area contributed by atoms with Crippen molar-refractivity contribution in [2.45, 2.75) is 26.7 Å². The number of hydrogen-bond acceptors (Lipinski definition) is 3. The highest BCUT2D eigenvalue weighted by atomic mass is 16.5. The molecular weight excluding hydrogens is 282 g/mol. The molecular formula is C17H23NO4. The summed E-state index contributed by atoms with van der Waals surface area (Å²) >= 11 is 0. The van der Waals surface area contributed by atoms with Crippen LogP contribution in [0.15, 0.2) is 18.2 Å². The number of benzene rings is 1. The van der Waals surface area contributed by atoms with Crippen molar-refractivity contribution in [1.82, 2.24) is 4.90 Å². The van der Waals surface area contributed by atoms with Crippen molar-refractivity contribution in [1.29, 1.82) is 0 Å². The number of carboxylic acid groups (broad SMARTS) is 1. The van der Waals surface area contributed by atoms with Gasteiger partial charge >= 0.3 is 5.97 Å². The van der Waals surface area contributed by atoms with Gasteiger partial charge in [-0.1, -0.05) is 17.7 Å². The van der Waals surface area contributed by atoms with E-state index < -0.39 is 11.4 Å². The lowest BCUT2D eigenvalue weighted by molar-refractivity contribution is -0.155. The van der Waals surface area contributed by atoms with Crippen LogP contribution in [0, 0.1) is 19.3 Å². The number of rotatable bonds is 4. The molecule has 0 bridgehead atoms. The van der Waals surface area contributed by atoms with E-state index in [9.17, 15) is 14.7 Å². The van der Waals surface area contributed by atoms with Crippen LogP contribution >= 0.6 is 0 Å². The van der Waals surface area contributed by atoms with Gasteiger partial charge in [0.05, 0.1) is 6.61 Å². The van der Waals surface area contributed by atoms with E-state index in [1.54, 1.807) is 4.90 Å². The summed E-state index contributed by atoms with van der Waals surface area (Å²) in [4.78, 5) is 26.1. The molecule has 120 valence electrons. The van der Waals surface area contributed by atoms with Gasteiger partial charge in [-0.25, -0.2) is 0 Å². The lowest BCUT2D eigenvalue weighted by Crippen LogP contribution is -2.52. The molecule has 1 aliphatic heterocycles. The van der Waals surface area contributed by atoms with Crippen LogP contribution in [-0.4, -0.2) is 48.7 Å². The Balaban J connectivity index is 2.24. The molecule has 1 saturated heterocycles. The summed E-state index contributed by atoms with van der Waals surface area (Å²) in [6.07, 6.45) is 1.21. The number of carbonyl (C=O) groups is 2. The van der Waals surface area contributed by atoms with E-state index in [0.29, 0.717) is 24.9 Å². The van der Waals surface area contributed by atoms with Crippen LogP contribution in [0.1, 0.15) is 34.3 Å². The fraction of sp³-hybridized carbons (Fsp3) is 0.529. The number of amides is 1. The van der Waals surface area contributed by atoms with Crippen LogP contribution in [0.3, 0.4) is 0 Å². The van der Waals surface area contributed by atoms with Crippen LogP contribution in [0.25, 0.3) is 0 Å². The molecule has 1 aliphatic rings. The molecule has 1 aromatic carbocycles. The maximum absolute atomic E-state index is 12.7. The van der Waals surface area contributed by atoms with E-state index in [1.165, 1.54) is 7.11 Å². The minimum absolute atomic E-state index is 0.0982. The van der Waals surface area contributed by atoms with Crippen molar-refractivity contribution in [3.63, 3.8) is 0 Å². The summed E-state index contributed by atoms with van der Waals surface area (Å²) in [7, 11) is 1.50. The van der Waals surface area contributed by atoms with Crippen LogP contribution < -0.4 is 0 Å². The van der Waals surface area contributed by atoms with E-state index in [0.717, 1.165) is 11.1 Å². The second-order valence-corrected chi connectivity index (χ2v) is 6.17. The van der Waals surface area contributed by atoms with Gasteiger partial charge in [-0.15, -0.1) is 0 Å². The first kappa shape index (κ1) is 16.5. The molecule has 0 aliphatic carbocycles. The minimum Gasteiger partial charge on any atom is -0.481 e. The molecule has 22 heavy (non-hydrogen) atoms. The van der Waals surface area contributed by atoms with Gasteiger partial charge < -0.3 is 14.7 Å². The van der Waals surface area contributed by atoms with Gasteiger partial charge in [0, 0.05) is 25.8 Å². The SMILES string of the molecule is COCC1(C(=O)O)CCCN(C(=O)c2ccc(C)cc2C)C1. The van der Waals surface area contributed by atoms with Crippen LogP contribution in [0.4, 0.5) is 0 Å². The second-order valence-electron chi connectivity index (χ2n) is 6.17. The number of piperidine rings is 1. The molecule has 1 amide bonds. The van der Waals surface area contributed by atoms with Crippen molar-refractivity contribution < 1.29 is 19.4 Å². The normalized spacial score (nSPS) is 21.7. The summed E-state index contributed by atoms with van der Waals surface area (Å²) in [5, 5.41) is 9.56. The summed E-state index contributed by atoms with van der Waals surface area (Å²) in [6, 6.07) is 5.70. The van der Waals surface area contributed by atoms with E-state index >= 15 is 0 Å². The van der Waals surface area contributed by atoms with E-state index in [2.05, 4.69) is 0 Å². The number of hydrogen-bond donors (Lipinski definition) is 1. The Bertz CT molecular complexity index is 580. The van der Waals surface area contributed by atoms with Gasteiger partial charge in [0.25, 0.3) is 5.91 Å². The second kappa shape index (κ2) is 6.48. The predicted octanol–water partition coefficient (Wildman–Crippen LogP) is 2.26. The Morgan fingerprint density at radius 3 is 2.68 bits per heavy atom. The molecule has 1 fully saturated rings. The van der Waals surface area contributed by atoms with Gasteiger partial charge in [-0.3, -0.25) is 9.59 Å². The van der Waals surface area contributed by atoms with Gasteiger partial charge in [0.15, 0.2) is 0 Å². The number of carboxylic acids is 1. The number of methoxy groups -OCH3 is 1. The van der Waals surface area contributed by atoms with Crippen molar-refractivity contribution in [2.75, 3.05) is 26.8 Å². The lowest BCUT2D eigenvalue weighted by Gasteiger charge is -2.39. The number of aliphatic carboxylic acids is 1. The Morgan fingerprint density at radius 1 is 1.36 bits per heavy atom. The van der Waals surface area contributed by atoms with Crippen molar-refractivity contribution in [3.05, 3.63) is 34.9 Å². The maximum Gasteiger partial charge on any atom is 0.313 e. The third kappa shape index (κ3) is 3.14. The Labute approximate surface area is 130 Å². The van der Waals surface area contributed by atoms with Crippen LogP contribution in [0.2, 0.25) is 0 Å². The van der Waals surface area contributed by atoms with Gasteiger partial charge in [0.1, 0.15) is 5.41 Å². The fourth-order valence-corrected chi connectivity index (χ4v) is 3.16. The molecule has 1 heterocycles. The standard InChI is InChI=1S/C17H23NO4/c1-12-5-6-14(13(2)9-12)15(19)18-8-4-7-17(10-18,11-22-3)16(20)21/h5-6,9H,4,7-8,10-11H2,1-3H3,(H,20,21).